The summed E-state index contributed by atoms with van der Waals surface area (Å²) in [6.45, 7) is 2.24. The van der Waals surface area contributed by atoms with Gasteiger partial charge >= 0.3 is 6.18 Å². The van der Waals surface area contributed by atoms with Crippen molar-refractivity contribution in [3.05, 3.63) is 64.2 Å². The molecule has 0 aliphatic carbocycles. The summed E-state index contributed by atoms with van der Waals surface area (Å²) in [5.74, 6) is 0.160. The van der Waals surface area contributed by atoms with E-state index in [1.165, 1.54) is 35.8 Å². The standard InChI is InChI=1S/C23H24F3N3O3S2/c1-3-4-5-18-19(33-22(28-18)14-6-8-15(9-7-14)23(24,25)26)13-32-16-10-11-17(21(27)29-30)20(12-16)34(2)31/h6-12,30H,3-5,13H2,1-2H3,(H2,27,29). The molecular weight excluding hydrogens is 487 g/mol. The van der Waals surface area contributed by atoms with Crippen LogP contribution < -0.4 is 10.2 Å². The number of unbranched alkanes of at least 4 members (excludes halogenated alkanes) is 1. The van der Waals surface area contributed by atoms with Crippen molar-refractivity contribution >= 4 is 28.3 Å². The van der Waals surface area contributed by atoms with E-state index in [9.17, 15) is 17.7 Å². The van der Waals surface area contributed by atoms with Crippen molar-refractivity contribution in [2.24, 2.45) is 0 Å². The normalized spacial score (nSPS) is 12.4. The first kappa shape index (κ1) is 26.0. The molecule has 1 heterocycles. The smallest absolute Gasteiger partial charge is 0.416 e. The highest BCUT2D eigenvalue weighted by Gasteiger charge is 2.30. The Bertz CT molecular complexity index is 1130. The van der Waals surface area contributed by atoms with Gasteiger partial charge in [0.15, 0.2) is 10.7 Å². The molecule has 0 spiro atoms. The van der Waals surface area contributed by atoms with Gasteiger partial charge in [-0.25, -0.2) is 4.98 Å². The zero-order valence-corrected chi connectivity index (χ0v) is 20.2. The van der Waals surface area contributed by atoms with Gasteiger partial charge in [0.05, 0.1) is 21.7 Å². The summed E-state index contributed by atoms with van der Waals surface area (Å²) in [5.41, 5.74) is 2.77. The van der Waals surface area contributed by atoms with Gasteiger partial charge in [0, 0.05) is 11.6 Å². The lowest BCUT2D eigenvalue weighted by Gasteiger charge is -2.13. The predicted octanol–water partition coefficient (Wildman–Crippen LogP) is 5.79. The van der Waals surface area contributed by atoms with Gasteiger partial charge < -0.3 is 9.29 Å². The van der Waals surface area contributed by atoms with Gasteiger partial charge in [-0.3, -0.25) is 16.1 Å². The summed E-state index contributed by atoms with van der Waals surface area (Å²) < 4.78 is 56.7. The number of ether oxygens (including phenoxy) is 1. The minimum Gasteiger partial charge on any atom is -0.612 e. The van der Waals surface area contributed by atoms with Gasteiger partial charge in [-0.15, -0.1) is 11.3 Å². The first-order valence-corrected chi connectivity index (χ1v) is 12.8. The number of nitrogens with zero attached hydrogens (tertiary/aromatic N) is 1. The van der Waals surface area contributed by atoms with E-state index in [2.05, 4.69) is 11.9 Å². The average Bonchev–Trinajstić information content (AvgIpc) is 3.23. The van der Waals surface area contributed by atoms with Crippen LogP contribution in [0.1, 0.15) is 41.5 Å². The second kappa shape index (κ2) is 11.2. The van der Waals surface area contributed by atoms with Crippen LogP contribution in [0.3, 0.4) is 0 Å². The topological polar surface area (TPSA) is 101 Å². The molecule has 0 bridgehead atoms. The fourth-order valence-corrected chi connectivity index (χ4v) is 5.00. The van der Waals surface area contributed by atoms with Crippen LogP contribution in [-0.4, -0.2) is 26.8 Å². The lowest BCUT2D eigenvalue weighted by Crippen LogP contribution is -2.21. The Hall–Kier alpha value is -2.60. The Morgan fingerprint density at radius 2 is 1.94 bits per heavy atom. The Kier molecular flexibility index (Phi) is 8.58. The maximum atomic E-state index is 12.9. The Balaban J connectivity index is 1.84. The molecule has 0 radical (unpaired) electrons. The molecule has 182 valence electrons. The van der Waals surface area contributed by atoms with E-state index in [1.807, 2.05) is 0 Å². The first-order valence-electron chi connectivity index (χ1n) is 10.4. The van der Waals surface area contributed by atoms with Crippen molar-refractivity contribution in [3.63, 3.8) is 0 Å². The summed E-state index contributed by atoms with van der Waals surface area (Å²) in [7, 11) is 0. The van der Waals surface area contributed by atoms with Gasteiger partial charge in [-0.2, -0.15) is 13.2 Å². The molecule has 1 aromatic heterocycles. The second-order valence-corrected chi connectivity index (χ2v) is 9.89. The molecule has 1 unspecified atom stereocenters. The molecule has 3 rings (SSSR count). The molecule has 0 aliphatic heterocycles. The highest BCUT2D eigenvalue weighted by Crippen LogP contribution is 2.34. The van der Waals surface area contributed by atoms with Crippen molar-refractivity contribution in [2.75, 3.05) is 6.26 Å². The number of nitrogens with one attached hydrogen (secondary N) is 2. The summed E-state index contributed by atoms with van der Waals surface area (Å²) in [6, 6.07) is 9.64. The van der Waals surface area contributed by atoms with Gasteiger partial charge in [-0.05, 0) is 48.3 Å². The number of hydrogen-bond acceptors (Lipinski definition) is 6. The third kappa shape index (κ3) is 6.29. The van der Waals surface area contributed by atoms with E-state index >= 15 is 0 Å². The van der Waals surface area contributed by atoms with Gasteiger partial charge in [0.2, 0.25) is 0 Å². The summed E-state index contributed by atoms with van der Waals surface area (Å²) in [5, 5.41) is 17.4. The minimum absolute atomic E-state index is 0.183. The number of aromatic nitrogens is 1. The average molecular weight is 512 g/mol. The van der Waals surface area contributed by atoms with Crippen molar-refractivity contribution in [2.45, 2.75) is 43.9 Å². The molecule has 3 aromatic rings. The highest BCUT2D eigenvalue weighted by molar-refractivity contribution is 7.90. The summed E-state index contributed by atoms with van der Waals surface area (Å²) in [4.78, 5) is 5.86. The summed E-state index contributed by atoms with van der Waals surface area (Å²) in [6.07, 6.45) is -0.335. The maximum absolute atomic E-state index is 12.9. The molecule has 0 saturated heterocycles. The molecule has 0 aliphatic rings. The molecule has 0 saturated carbocycles. The van der Waals surface area contributed by atoms with E-state index in [4.69, 9.17) is 15.4 Å². The van der Waals surface area contributed by atoms with E-state index in [0.717, 1.165) is 42.0 Å². The third-order valence-electron chi connectivity index (χ3n) is 5.02. The number of alkyl halides is 3. The van der Waals surface area contributed by atoms with E-state index in [-0.39, 0.29) is 12.4 Å². The second-order valence-electron chi connectivity index (χ2n) is 7.46. The fraction of sp³-hybridized carbons (Fsp3) is 0.304. The molecule has 2 aromatic carbocycles. The number of amidine groups is 1. The van der Waals surface area contributed by atoms with Crippen LogP contribution in [-0.2, 0) is 30.4 Å². The zero-order valence-electron chi connectivity index (χ0n) is 18.5. The largest absolute Gasteiger partial charge is 0.612 e. The van der Waals surface area contributed by atoms with E-state index in [1.54, 1.807) is 17.6 Å². The molecule has 0 amide bonds. The van der Waals surface area contributed by atoms with E-state index in [0.29, 0.717) is 26.8 Å². The van der Waals surface area contributed by atoms with Crippen molar-refractivity contribution in [1.29, 1.82) is 5.41 Å². The monoisotopic (exact) mass is 511 g/mol. The Labute approximate surface area is 202 Å². The molecule has 11 heteroatoms. The highest BCUT2D eigenvalue weighted by atomic mass is 32.2. The molecule has 6 nitrogen and oxygen atoms in total. The van der Waals surface area contributed by atoms with Crippen LogP contribution in [0.25, 0.3) is 10.6 Å². The number of thiazole rings is 1. The lowest BCUT2D eigenvalue weighted by molar-refractivity contribution is -0.137. The van der Waals surface area contributed by atoms with Crippen LogP contribution >= 0.6 is 11.3 Å². The van der Waals surface area contributed by atoms with Crippen molar-refractivity contribution in [3.8, 4) is 16.3 Å². The Morgan fingerprint density at radius 3 is 2.53 bits per heavy atom. The number of halogens is 3. The molecule has 34 heavy (non-hydrogen) atoms. The maximum Gasteiger partial charge on any atom is 0.416 e. The van der Waals surface area contributed by atoms with Gasteiger partial charge in [0.1, 0.15) is 23.6 Å². The number of hydroxylamine groups is 1. The van der Waals surface area contributed by atoms with Crippen molar-refractivity contribution in [1.82, 2.24) is 10.5 Å². The number of rotatable bonds is 9. The lowest BCUT2D eigenvalue weighted by atomic mass is 10.1. The molecule has 3 N–H and O–H groups in total. The fourth-order valence-electron chi connectivity index (χ4n) is 3.21. The third-order valence-corrected chi connectivity index (χ3v) is 7.10. The Morgan fingerprint density at radius 1 is 1.24 bits per heavy atom. The van der Waals surface area contributed by atoms with Gasteiger partial charge in [0.25, 0.3) is 0 Å². The molecule has 1 atom stereocenters. The van der Waals surface area contributed by atoms with Crippen LogP contribution in [0, 0.1) is 5.41 Å². The predicted molar refractivity (Wildman–Crippen MR) is 126 cm³/mol. The SMILES string of the molecule is CCCCc1nc(-c2ccc(C(F)(F)F)cc2)sc1COc1ccc(C(=N)NO)c([S+](C)[O-])c1. The zero-order chi connectivity index (χ0) is 24.9. The van der Waals surface area contributed by atoms with Crippen LogP contribution in [0.4, 0.5) is 13.2 Å². The van der Waals surface area contributed by atoms with Crippen LogP contribution in [0.15, 0.2) is 47.4 Å². The number of aryl methyl sites for hydroxylation is 1. The van der Waals surface area contributed by atoms with Crippen molar-refractivity contribution < 1.29 is 27.7 Å². The number of hydrogen-bond donors (Lipinski definition) is 3. The van der Waals surface area contributed by atoms with Crippen LogP contribution in [0.2, 0.25) is 0 Å². The minimum atomic E-state index is -4.39. The summed E-state index contributed by atoms with van der Waals surface area (Å²) >= 11 is -0.0575. The van der Waals surface area contributed by atoms with Crippen LogP contribution in [0.5, 0.6) is 5.75 Å². The molecular formula is C23H24F3N3O3S2. The quantitative estimate of drug-likeness (QED) is 0.146. The number of benzene rings is 2. The molecule has 0 fully saturated rings. The van der Waals surface area contributed by atoms with E-state index < -0.39 is 22.9 Å². The first-order chi connectivity index (χ1) is 16.1. The van der Waals surface area contributed by atoms with Gasteiger partial charge in [-0.1, -0.05) is 25.5 Å².